The molecule has 2 aromatic heterocycles. The van der Waals surface area contributed by atoms with Gasteiger partial charge in [0.05, 0.1) is 22.8 Å². The van der Waals surface area contributed by atoms with E-state index in [-0.39, 0.29) is 6.42 Å². The fourth-order valence-corrected chi connectivity index (χ4v) is 2.41. The molecule has 0 unspecified atom stereocenters. The molecular formula is C15H10Cl2N4O2. The molecule has 6 nitrogen and oxygen atoms in total. The summed E-state index contributed by atoms with van der Waals surface area (Å²) < 4.78 is 1.61. The Hall–Kier alpha value is -2.44. The molecule has 1 N–H and O–H groups in total. The van der Waals surface area contributed by atoms with E-state index in [2.05, 4.69) is 15.2 Å². The molecule has 3 rings (SSSR count). The number of halogens is 2. The number of hydrogen-bond acceptors (Lipinski definition) is 4. The molecule has 8 heteroatoms. The molecule has 0 saturated heterocycles. The Morgan fingerprint density at radius 1 is 1.17 bits per heavy atom. The van der Waals surface area contributed by atoms with E-state index in [9.17, 15) is 4.79 Å². The molecule has 3 aromatic rings. The molecule has 0 amide bonds. The Labute approximate surface area is 141 Å². The number of nitrogens with zero attached hydrogens (tertiary/aromatic N) is 4. The van der Waals surface area contributed by atoms with Gasteiger partial charge in [-0.15, -0.1) is 10.2 Å². The number of imidazole rings is 1. The molecule has 0 bridgehead atoms. The van der Waals surface area contributed by atoms with Crippen molar-refractivity contribution in [2.45, 2.75) is 6.42 Å². The Balaban J connectivity index is 2.09. The van der Waals surface area contributed by atoms with Gasteiger partial charge in [-0.1, -0.05) is 29.3 Å². The van der Waals surface area contributed by atoms with Crippen LogP contribution in [0.1, 0.15) is 5.69 Å². The highest BCUT2D eigenvalue weighted by molar-refractivity contribution is 6.31. The third kappa shape index (κ3) is 3.49. The third-order valence-electron chi connectivity index (χ3n) is 3.01. The first-order chi connectivity index (χ1) is 11.0. The number of aliphatic carboxylic acids is 1. The van der Waals surface area contributed by atoms with Crippen LogP contribution in [0.4, 0.5) is 11.5 Å². The summed E-state index contributed by atoms with van der Waals surface area (Å²) in [6.07, 6.45) is 1.35. The fraction of sp³-hybridized carbons (Fsp3) is 0.0667. The van der Waals surface area contributed by atoms with Crippen molar-refractivity contribution in [2.24, 2.45) is 10.2 Å². The lowest BCUT2D eigenvalue weighted by molar-refractivity contribution is -0.136. The van der Waals surface area contributed by atoms with Crippen molar-refractivity contribution in [3.63, 3.8) is 0 Å². The van der Waals surface area contributed by atoms with E-state index in [1.807, 2.05) is 0 Å². The monoisotopic (exact) mass is 348 g/mol. The van der Waals surface area contributed by atoms with Gasteiger partial charge >= 0.3 is 5.97 Å². The number of pyridine rings is 1. The van der Waals surface area contributed by atoms with Crippen LogP contribution in [0.25, 0.3) is 5.65 Å². The van der Waals surface area contributed by atoms with Crippen molar-refractivity contribution in [3.8, 4) is 0 Å². The lowest BCUT2D eigenvalue weighted by atomic mass is 10.3. The molecule has 0 spiro atoms. The minimum Gasteiger partial charge on any atom is -0.481 e. The third-order valence-corrected chi connectivity index (χ3v) is 3.47. The molecule has 116 valence electrons. The highest BCUT2D eigenvalue weighted by atomic mass is 35.5. The van der Waals surface area contributed by atoms with Gasteiger partial charge in [-0.05, 0) is 30.3 Å². The van der Waals surface area contributed by atoms with Crippen molar-refractivity contribution in [1.82, 2.24) is 9.38 Å². The van der Waals surface area contributed by atoms with Crippen LogP contribution < -0.4 is 0 Å². The minimum atomic E-state index is -1.00. The van der Waals surface area contributed by atoms with E-state index in [1.165, 1.54) is 0 Å². The maximum absolute atomic E-state index is 11.0. The lowest BCUT2D eigenvalue weighted by Gasteiger charge is -1.98. The predicted octanol–water partition coefficient (Wildman–Crippen LogP) is 4.68. The fourth-order valence-electron chi connectivity index (χ4n) is 2.07. The van der Waals surface area contributed by atoms with Crippen LogP contribution in [0.3, 0.4) is 0 Å². The van der Waals surface area contributed by atoms with Crippen molar-refractivity contribution in [3.05, 3.63) is 58.3 Å². The van der Waals surface area contributed by atoms with Gasteiger partial charge in [-0.2, -0.15) is 0 Å². The SMILES string of the molecule is O=C(O)Cc1nc2ccc(Cl)cn2c1N=Nc1cccc(Cl)c1. The molecule has 1 aromatic carbocycles. The smallest absolute Gasteiger partial charge is 0.309 e. The summed E-state index contributed by atoms with van der Waals surface area (Å²) in [6, 6.07) is 10.2. The number of benzene rings is 1. The molecule has 0 atom stereocenters. The molecule has 0 aliphatic heterocycles. The van der Waals surface area contributed by atoms with Crippen molar-refractivity contribution in [2.75, 3.05) is 0 Å². The van der Waals surface area contributed by atoms with E-state index in [4.69, 9.17) is 28.3 Å². The maximum atomic E-state index is 11.0. The van der Waals surface area contributed by atoms with E-state index in [1.54, 1.807) is 47.0 Å². The van der Waals surface area contributed by atoms with Crippen LogP contribution in [0, 0.1) is 0 Å². The highest BCUT2D eigenvalue weighted by Gasteiger charge is 2.15. The predicted molar refractivity (Wildman–Crippen MR) is 87.2 cm³/mol. The Kier molecular flexibility index (Phi) is 4.27. The zero-order valence-corrected chi connectivity index (χ0v) is 13.2. The molecule has 23 heavy (non-hydrogen) atoms. The van der Waals surface area contributed by atoms with Crippen LogP contribution in [-0.2, 0) is 11.2 Å². The zero-order chi connectivity index (χ0) is 16.4. The van der Waals surface area contributed by atoms with Gasteiger partial charge in [0.25, 0.3) is 0 Å². The molecule has 0 aliphatic rings. The van der Waals surface area contributed by atoms with E-state index in [0.717, 1.165) is 0 Å². The van der Waals surface area contributed by atoms with Crippen LogP contribution in [-0.4, -0.2) is 20.5 Å². The van der Waals surface area contributed by atoms with Gasteiger partial charge in [0.2, 0.25) is 0 Å². The number of carboxylic acids is 1. The maximum Gasteiger partial charge on any atom is 0.309 e. The first kappa shape index (κ1) is 15.5. The summed E-state index contributed by atoms with van der Waals surface area (Å²) >= 11 is 11.9. The normalized spacial score (nSPS) is 11.4. The second-order valence-corrected chi connectivity index (χ2v) is 5.58. The Morgan fingerprint density at radius 3 is 2.74 bits per heavy atom. The first-order valence-electron chi connectivity index (χ1n) is 6.58. The molecular weight excluding hydrogens is 339 g/mol. The Morgan fingerprint density at radius 2 is 2.00 bits per heavy atom. The molecule has 0 radical (unpaired) electrons. The van der Waals surface area contributed by atoms with Crippen LogP contribution in [0.15, 0.2) is 52.8 Å². The number of hydrogen-bond donors (Lipinski definition) is 1. The van der Waals surface area contributed by atoms with Crippen LogP contribution in [0.2, 0.25) is 10.0 Å². The van der Waals surface area contributed by atoms with Crippen molar-refractivity contribution >= 4 is 46.3 Å². The number of azo groups is 1. The van der Waals surface area contributed by atoms with Gasteiger partial charge in [-0.3, -0.25) is 9.20 Å². The molecule has 2 heterocycles. The number of carbonyl (C=O) groups is 1. The summed E-state index contributed by atoms with van der Waals surface area (Å²) in [5.41, 5.74) is 1.41. The Bertz CT molecular complexity index is 921. The number of carboxylic acid groups (broad SMARTS) is 1. The molecule has 0 fully saturated rings. The average Bonchev–Trinajstić information content (AvgIpc) is 2.81. The first-order valence-corrected chi connectivity index (χ1v) is 7.34. The van der Waals surface area contributed by atoms with Crippen LogP contribution >= 0.6 is 23.2 Å². The molecule has 0 aliphatic carbocycles. The largest absolute Gasteiger partial charge is 0.481 e. The van der Waals surface area contributed by atoms with Gasteiger partial charge in [0.1, 0.15) is 5.65 Å². The van der Waals surface area contributed by atoms with E-state index in [0.29, 0.717) is 32.9 Å². The van der Waals surface area contributed by atoms with Gasteiger partial charge in [0, 0.05) is 11.2 Å². The number of fused-ring (bicyclic) bond motifs is 1. The van der Waals surface area contributed by atoms with E-state index < -0.39 is 5.97 Å². The quantitative estimate of drug-likeness (QED) is 0.695. The van der Waals surface area contributed by atoms with Crippen molar-refractivity contribution < 1.29 is 9.90 Å². The second kappa shape index (κ2) is 6.36. The summed E-state index contributed by atoms with van der Waals surface area (Å²) in [5.74, 6) is -0.677. The van der Waals surface area contributed by atoms with Gasteiger partial charge in [-0.25, -0.2) is 4.98 Å². The lowest BCUT2D eigenvalue weighted by Crippen LogP contribution is -2.00. The van der Waals surface area contributed by atoms with Crippen molar-refractivity contribution in [1.29, 1.82) is 0 Å². The van der Waals surface area contributed by atoms with Crippen LogP contribution in [0.5, 0.6) is 0 Å². The van der Waals surface area contributed by atoms with E-state index >= 15 is 0 Å². The standard InChI is InChI=1S/C15H10Cl2N4O2/c16-9-2-1-3-11(6-9)19-20-15-12(7-14(22)23)18-13-5-4-10(17)8-21(13)15/h1-6,8H,7H2,(H,22,23). The topological polar surface area (TPSA) is 79.3 Å². The minimum absolute atomic E-state index is 0.261. The summed E-state index contributed by atoms with van der Waals surface area (Å²) in [6.45, 7) is 0. The second-order valence-electron chi connectivity index (χ2n) is 4.71. The summed E-state index contributed by atoms with van der Waals surface area (Å²) in [5, 5.41) is 18.3. The van der Waals surface area contributed by atoms with Gasteiger partial charge < -0.3 is 5.11 Å². The highest BCUT2D eigenvalue weighted by Crippen LogP contribution is 2.27. The average molecular weight is 349 g/mol. The van der Waals surface area contributed by atoms with Gasteiger partial charge in [0.15, 0.2) is 5.82 Å². The summed E-state index contributed by atoms with van der Waals surface area (Å²) in [7, 11) is 0. The zero-order valence-electron chi connectivity index (χ0n) is 11.6. The molecule has 0 saturated carbocycles. The number of rotatable bonds is 4. The number of aromatic nitrogens is 2. The summed E-state index contributed by atoms with van der Waals surface area (Å²) in [4.78, 5) is 15.3.